The van der Waals surface area contributed by atoms with Gasteiger partial charge in [0.1, 0.15) is 0 Å². The molecule has 0 amide bonds. The minimum absolute atomic E-state index is 0.131. The summed E-state index contributed by atoms with van der Waals surface area (Å²) in [4.78, 5) is 12.3. The van der Waals surface area contributed by atoms with E-state index in [0.29, 0.717) is 17.0 Å². The smallest absolute Gasteiger partial charge is 0.174 e. The average molecular weight is 254 g/mol. The van der Waals surface area contributed by atoms with Gasteiger partial charge in [-0.25, -0.2) is 0 Å². The van der Waals surface area contributed by atoms with Crippen LogP contribution in [0.2, 0.25) is 0 Å². The molecule has 1 rings (SSSR count). The zero-order chi connectivity index (χ0) is 12.7. The number of carbonyl (C=O) groups excluding carboxylic acids is 1. The van der Waals surface area contributed by atoms with Crippen LogP contribution in [-0.2, 0) is 0 Å². The standard InChI is InChI=1S/C13H22N2OS/c1-3-5-6-7-8-15-12-9-10(14)13(17-12)11(16)4-2/h9,15H,3-8,14H2,1-2H3. The van der Waals surface area contributed by atoms with E-state index in [-0.39, 0.29) is 5.78 Å². The van der Waals surface area contributed by atoms with Crippen LogP contribution in [-0.4, -0.2) is 12.3 Å². The Morgan fingerprint density at radius 2 is 2.12 bits per heavy atom. The summed E-state index contributed by atoms with van der Waals surface area (Å²) in [6.07, 6.45) is 5.48. The van der Waals surface area contributed by atoms with Crippen molar-refractivity contribution in [3.8, 4) is 0 Å². The van der Waals surface area contributed by atoms with E-state index in [0.717, 1.165) is 11.5 Å². The Kier molecular flexibility index (Phi) is 6.05. The Labute approximate surface area is 107 Å². The predicted octanol–water partition coefficient (Wildman–Crippen LogP) is 3.92. The number of hydrogen-bond acceptors (Lipinski definition) is 4. The number of nitrogens with two attached hydrogens (primary N) is 1. The van der Waals surface area contributed by atoms with Crippen molar-refractivity contribution in [3.05, 3.63) is 10.9 Å². The maximum absolute atomic E-state index is 11.6. The molecule has 1 aromatic rings. The Balaban J connectivity index is 2.42. The highest BCUT2D eigenvalue weighted by Gasteiger charge is 2.12. The molecule has 0 aliphatic carbocycles. The van der Waals surface area contributed by atoms with E-state index in [1.807, 2.05) is 13.0 Å². The first kappa shape index (κ1) is 14.0. The highest BCUT2D eigenvalue weighted by molar-refractivity contribution is 7.18. The van der Waals surface area contributed by atoms with Crippen molar-refractivity contribution in [1.82, 2.24) is 0 Å². The van der Waals surface area contributed by atoms with Crippen LogP contribution >= 0.6 is 11.3 Å². The molecule has 0 spiro atoms. The first-order chi connectivity index (χ1) is 8.19. The van der Waals surface area contributed by atoms with E-state index in [9.17, 15) is 4.79 Å². The Bertz CT molecular complexity index is 360. The van der Waals surface area contributed by atoms with Crippen LogP contribution in [0.5, 0.6) is 0 Å². The SMILES string of the molecule is CCCCCCNc1cc(N)c(C(=O)CC)s1. The molecule has 0 atom stereocenters. The third-order valence-corrected chi connectivity index (χ3v) is 3.81. The van der Waals surface area contributed by atoms with E-state index in [1.165, 1.54) is 37.0 Å². The molecule has 0 saturated carbocycles. The lowest BCUT2D eigenvalue weighted by molar-refractivity contribution is 0.0993. The zero-order valence-corrected chi connectivity index (χ0v) is 11.5. The van der Waals surface area contributed by atoms with Crippen LogP contribution in [0.1, 0.15) is 55.6 Å². The van der Waals surface area contributed by atoms with Gasteiger partial charge in [-0.2, -0.15) is 0 Å². The van der Waals surface area contributed by atoms with Crippen molar-refractivity contribution in [2.45, 2.75) is 46.0 Å². The van der Waals surface area contributed by atoms with Gasteiger partial charge in [-0.3, -0.25) is 4.79 Å². The minimum atomic E-state index is 0.131. The number of rotatable bonds is 8. The highest BCUT2D eigenvalue weighted by atomic mass is 32.1. The van der Waals surface area contributed by atoms with Crippen molar-refractivity contribution >= 4 is 27.8 Å². The predicted molar refractivity (Wildman–Crippen MR) is 76.0 cm³/mol. The van der Waals surface area contributed by atoms with Crippen molar-refractivity contribution in [3.63, 3.8) is 0 Å². The number of anilines is 2. The molecule has 0 aromatic carbocycles. The van der Waals surface area contributed by atoms with E-state index >= 15 is 0 Å². The Morgan fingerprint density at radius 1 is 1.35 bits per heavy atom. The number of nitrogen functional groups attached to an aromatic ring is 1. The second-order valence-corrected chi connectivity index (χ2v) is 5.21. The Morgan fingerprint density at radius 3 is 2.76 bits per heavy atom. The van der Waals surface area contributed by atoms with Gasteiger partial charge in [0.25, 0.3) is 0 Å². The maximum Gasteiger partial charge on any atom is 0.174 e. The molecule has 0 aliphatic rings. The van der Waals surface area contributed by atoms with Gasteiger partial charge >= 0.3 is 0 Å². The van der Waals surface area contributed by atoms with Gasteiger partial charge in [-0.05, 0) is 12.5 Å². The molecule has 1 aromatic heterocycles. The number of unbranched alkanes of at least 4 members (excludes halogenated alkanes) is 3. The van der Waals surface area contributed by atoms with E-state index in [1.54, 1.807) is 0 Å². The molecule has 3 N–H and O–H groups in total. The fourth-order valence-corrected chi connectivity index (χ4v) is 2.65. The largest absolute Gasteiger partial charge is 0.397 e. The van der Waals surface area contributed by atoms with Crippen LogP contribution < -0.4 is 11.1 Å². The van der Waals surface area contributed by atoms with Crippen LogP contribution in [0.3, 0.4) is 0 Å². The van der Waals surface area contributed by atoms with Crippen LogP contribution in [0.15, 0.2) is 6.07 Å². The molecule has 0 unspecified atom stereocenters. The molecule has 1 heterocycles. The molecule has 3 nitrogen and oxygen atoms in total. The van der Waals surface area contributed by atoms with Crippen LogP contribution in [0, 0.1) is 0 Å². The second kappa shape index (κ2) is 7.33. The number of thiophene rings is 1. The lowest BCUT2D eigenvalue weighted by Crippen LogP contribution is -1.99. The third kappa shape index (κ3) is 4.38. The van der Waals surface area contributed by atoms with E-state index in [4.69, 9.17) is 5.73 Å². The zero-order valence-electron chi connectivity index (χ0n) is 10.7. The summed E-state index contributed by atoms with van der Waals surface area (Å²) in [6.45, 7) is 5.02. The molecule has 0 aliphatic heterocycles. The summed E-state index contributed by atoms with van der Waals surface area (Å²) >= 11 is 1.47. The average Bonchev–Trinajstić information content (AvgIpc) is 2.69. The number of carbonyl (C=O) groups is 1. The van der Waals surface area contributed by atoms with Gasteiger partial charge in [-0.1, -0.05) is 33.1 Å². The van der Waals surface area contributed by atoms with Gasteiger partial charge < -0.3 is 11.1 Å². The summed E-state index contributed by atoms with van der Waals surface area (Å²) in [6, 6.07) is 1.87. The molecule has 4 heteroatoms. The Hall–Kier alpha value is -1.03. The molecule has 17 heavy (non-hydrogen) atoms. The highest BCUT2D eigenvalue weighted by Crippen LogP contribution is 2.30. The van der Waals surface area contributed by atoms with Crippen molar-refractivity contribution in [2.75, 3.05) is 17.6 Å². The third-order valence-electron chi connectivity index (χ3n) is 2.66. The van der Waals surface area contributed by atoms with Crippen molar-refractivity contribution in [2.24, 2.45) is 0 Å². The van der Waals surface area contributed by atoms with Gasteiger partial charge in [-0.15, -0.1) is 11.3 Å². The number of nitrogens with one attached hydrogen (secondary N) is 1. The van der Waals surface area contributed by atoms with Crippen LogP contribution in [0.25, 0.3) is 0 Å². The fourth-order valence-electron chi connectivity index (χ4n) is 1.63. The summed E-state index contributed by atoms with van der Waals surface area (Å²) in [7, 11) is 0. The summed E-state index contributed by atoms with van der Waals surface area (Å²) in [5.41, 5.74) is 6.43. The number of ketones is 1. The first-order valence-corrected chi connectivity index (χ1v) is 7.17. The lowest BCUT2D eigenvalue weighted by atomic mass is 10.2. The first-order valence-electron chi connectivity index (χ1n) is 6.35. The fraction of sp³-hybridized carbons (Fsp3) is 0.615. The summed E-state index contributed by atoms with van der Waals surface area (Å²) < 4.78 is 0. The van der Waals surface area contributed by atoms with Gasteiger partial charge in [0.05, 0.1) is 15.6 Å². The van der Waals surface area contributed by atoms with Gasteiger partial charge in [0.15, 0.2) is 5.78 Å². The molecular weight excluding hydrogens is 232 g/mol. The quantitative estimate of drug-likeness (QED) is 0.546. The van der Waals surface area contributed by atoms with Gasteiger partial charge in [0, 0.05) is 13.0 Å². The van der Waals surface area contributed by atoms with Crippen LogP contribution in [0.4, 0.5) is 10.7 Å². The molecule has 96 valence electrons. The molecule has 0 bridgehead atoms. The second-order valence-electron chi connectivity index (χ2n) is 4.16. The van der Waals surface area contributed by atoms with E-state index < -0.39 is 0 Å². The number of Topliss-reactive ketones (excluding diaryl/α,β-unsaturated/α-hetero) is 1. The minimum Gasteiger partial charge on any atom is -0.397 e. The topological polar surface area (TPSA) is 55.1 Å². The van der Waals surface area contributed by atoms with E-state index in [2.05, 4.69) is 12.2 Å². The normalized spacial score (nSPS) is 10.5. The lowest BCUT2D eigenvalue weighted by Gasteiger charge is -2.02. The maximum atomic E-state index is 11.6. The monoisotopic (exact) mass is 254 g/mol. The van der Waals surface area contributed by atoms with Crippen molar-refractivity contribution in [1.29, 1.82) is 0 Å². The summed E-state index contributed by atoms with van der Waals surface area (Å²) in [5.74, 6) is 0.131. The molecular formula is C13H22N2OS. The summed E-state index contributed by atoms with van der Waals surface area (Å²) in [5, 5.41) is 4.34. The van der Waals surface area contributed by atoms with Gasteiger partial charge in [0.2, 0.25) is 0 Å². The molecule has 0 radical (unpaired) electrons. The van der Waals surface area contributed by atoms with Crippen molar-refractivity contribution < 1.29 is 4.79 Å². The number of hydrogen-bond donors (Lipinski definition) is 2. The molecule has 0 fully saturated rings. The molecule has 0 saturated heterocycles.